The van der Waals surface area contributed by atoms with Crippen LogP contribution in [-0.4, -0.2) is 29.5 Å². The van der Waals surface area contributed by atoms with Crippen LogP contribution < -0.4 is 5.32 Å². The Morgan fingerprint density at radius 1 is 1.39 bits per heavy atom. The molecule has 1 aliphatic heterocycles. The molecule has 5 heteroatoms. The molecule has 4 nitrogen and oxygen atoms in total. The molecule has 1 heterocycles. The maximum absolute atomic E-state index is 12.0. The zero-order valence-electron chi connectivity index (χ0n) is 14.1. The molecular weight excluding hydrogens is 289 g/mol. The number of aliphatic hydroxyl groups excluding tert-OH is 1. The van der Waals surface area contributed by atoms with Gasteiger partial charge in [-0.2, -0.15) is 0 Å². The number of Topliss-reactive ketones (excluding diaryl/α,β-unsaturated/α-hetero) is 1. The van der Waals surface area contributed by atoms with Gasteiger partial charge in [-0.05, 0) is 43.8 Å². The van der Waals surface area contributed by atoms with Gasteiger partial charge in [0.25, 0.3) is 0 Å². The summed E-state index contributed by atoms with van der Waals surface area (Å²) >= 11 is 0. The number of nitrogens with one attached hydrogen (secondary N) is 1. The van der Waals surface area contributed by atoms with Crippen molar-refractivity contribution < 1.29 is 14.7 Å². The van der Waals surface area contributed by atoms with E-state index in [1.807, 2.05) is 13.0 Å². The number of hydrogen-bond acceptors (Lipinski definition) is 3. The SMILES string of the molecule is C=C(O)c1cc(C)cc2c1CB(C)C(NC(=O)CCC(C)=O)C2. The number of benzene rings is 1. The van der Waals surface area contributed by atoms with Crippen LogP contribution in [0.15, 0.2) is 18.7 Å². The van der Waals surface area contributed by atoms with Crippen LogP contribution >= 0.6 is 0 Å². The summed E-state index contributed by atoms with van der Waals surface area (Å²) in [5.41, 5.74) is 4.17. The van der Waals surface area contributed by atoms with Gasteiger partial charge in [0.2, 0.25) is 5.91 Å². The smallest absolute Gasteiger partial charge is 0.220 e. The zero-order chi connectivity index (χ0) is 17.1. The van der Waals surface area contributed by atoms with E-state index in [1.165, 1.54) is 6.92 Å². The van der Waals surface area contributed by atoms with Gasteiger partial charge in [-0.15, -0.1) is 0 Å². The minimum Gasteiger partial charge on any atom is -0.508 e. The third kappa shape index (κ3) is 4.24. The normalized spacial score (nSPS) is 16.7. The molecule has 0 fully saturated rings. The average Bonchev–Trinajstić information content (AvgIpc) is 2.45. The maximum atomic E-state index is 12.0. The molecule has 0 radical (unpaired) electrons. The van der Waals surface area contributed by atoms with Gasteiger partial charge in [0.05, 0.1) is 0 Å². The second kappa shape index (κ2) is 7.03. The molecular formula is C18H24BNO3. The molecule has 1 aromatic rings. The first-order valence-electron chi connectivity index (χ1n) is 8.07. The predicted octanol–water partition coefficient (Wildman–Crippen LogP) is 2.68. The van der Waals surface area contributed by atoms with E-state index in [1.54, 1.807) is 0 Å². The number of carbonyl (C=O) groups is 2. The van der Waals surface area contributed by atoms with Gasteiger partial charge in [0.15, 0.2) is 6.71 Å². The summed E-state index contributed by atoms with van der Waals surface area (Å²) in [4.78, 5) is 23.0. The highest BCUT2D eigenvalue weighted by Gasteiger charge is 2.31. The van der Waals surface area contributed by atoms with E-state index >= 15 is 0 Å². The molecule has 122 valence electrons. The van der Waals surface area contributed by atoms with Gasteiger partial charge >= 0.3 is 0 Å². The molecule has 2 N–H and O–H groups in total. The van der Waals surface area contributed by atoms with Crippen molar-refractivity contribution >= 4 is 24.2 Å². The zero-order valence-corrected chi connectivity index (χ0v) is 14.1. The second-order valence-electron chi connectivity index (χ2n) is 6.66. The topological polar surface area (TPSA) is 66.4 Å². The number of ketones is 1. The Hall–Kier alpha value is -2.04. The predicted molar refractivity (Wildman–Crippen MR) is 93.7 cm³/mol. The molecule has 1 atom stereocenters. The Balaban J connectivity index is 2.16. The van der Waals surface area contributed by atoms with E-state index < -0.39 is 0 Å². The number of fused-ring (bicyclic) bond motifs is 1. The third-order valence-corrected chi connectivity index (χ3v) is 4.50. The molecule has 1 unspecified atom stereocenters. The highest BCUT2D eigenvalue weighted by atomic mass is 16.3. The Morgan fingerprint density at radius 2 is 2.09 bits per heavy atom. The van der Waals surface area contributed by atoms with E-state index in [-0.39, 0.29) is 42.9 Å². The van der Waals surface area contributed by atoms with E-state index in [0.29, 0.717) is 0 Å². The fraction of sp³-hybridized carbons (Fsp3) is 0.444. The van der Waals surface area contributed by atoms with Gasteiger partial charge in [-0.1, -0.05) is 25.0 Å². The van der Waals surface area contributed by atoms with Crippen LogP contribution in [0.1, 0.15) is 42.0 Å². The van der Waals surface area contributed by atoms with Gasteiger partial charge in [0.1, 0.15) is 11.5 Å². The lowest BCUT2D eigenvalue weighted by Crippen LogP contribution is -2.49. The van der Waals surface area contributed by atoms with Crippen LogP contribution in [0.4, 0.5) is 0 Å². The lowest BCUT2D eigenvalue weighted by Gasteiger charge is -2.31. The second-order valence-corrected chi connectivity index (χ2v) is 6.66. The first-order valence-corrected chi connectivity index (χ1v) is 8.07. The van der Waals surface area contributed by atoms with E-state index in [0.717, 1.165) is 35.0 Å². The molecule has 0 saturated carbocycles. The number of aliphatic hydroxyl groups is 1. The average molecular weight is 313 g/mol. The minimum absolute atomic E-state index is 0.0314. The van der Waals surface area contributed by atoms with Crippen LogP contribution in [0.3, 0.4) is 0 Å². The molecule has 0 aromatic heterocycles. The van der Waals surface area contributed by atoms with E-state index in [4.69, 9.17) is 0 Å². The molecule has 2 rings (SSSR count). The van der Waals surface area contributed by atoms with Crippen LogP contribution in [0, 0.1) is 6.92 Å². The van der Waals surface area contributed by atoms with Gasteiger partial charge in [-0.3, -0.25) is 4.79 Å². The molecule has 23 heavy (non-hydrogen) atoms. The Labute approximate surface area is 138 Å². The van der Waals surface area contributed by atoms with Crippen molar-refractivity contribution in [1.29, 1.82) is 0 Å². The van der Waals surface area contributed by atoms with Crippen molar-refractivity contribution in [3.63, 3.8) is 0 Å². The minimum atomic E-state index is -0.0695. The van der Waals surface area contributed by atoms with E-state index in [9.17, 15) is 14.7 Å². The van der Waals surface area contributed by atoms with Crippen molar-refractivity contribution in [3.05, 3.63) is 41.0 Å². The highest BCUT2D eigenvalue weighted by Crippen LogP contribution is 2.29. The fourth-order valence-corrected chi connectivity index (χ4v) is 3.24. The molecule has 1 amide bonds. The first-order chi connectivity index (χ1) is 10.8. The van der Waals surface area contributed by atoms with E-state index in [2.05, 4.69) is 24.8 Å². The highest BCUT2D eigenvalue weighted by molar-refractivity contribution is 6.59. The molecule has 0 aliphatic carbocycles. The molecule has 0 spiro atoms. The molecule has 1 aliphatic rings. The summed E-state index contributed by atoms with van der Waals surface area (Å²) in [5.74, 6) is 0.119. The van der Waals surface area contributed by atoms with Crippen LogP contribution in [0.25, 0.3) is 5.76 Å². The molecule has 1 aromatic carbocycles. The van der Waals surface area contributed by atoms with Crippen molar-refractivity contribution in [3.8, 4) is 0 Å². The quantitative estimate of drug-likeness (QED) is 0.649. The number of rotatable bonds is 5. The summed E-state index contributed by atoms with van der Waals surface area (Å²) in [7, 11) is 0. The van der Waals surface area contributed by atoms with Crippen molar-refractivity contribution in [2.45, 2.75) is 52.2 Å². The number of amides is 1. The van der Waals surface area contributed by atoms with Crippen molar-refractivity contribution in [1.82, 2.24) is 5.32 Å². The largest absolute Gasteiger partial charge is 0.508 e. The number of aryl methyl sites for hydroxylation is 1. The van der Waals surface area contributed by atoms with Crippen molar-refractivity contribution in [2.75, 3.05) is 0 Å². The number of carbonyl (C=O) groups excluding carboxylic acids is 2. The van der Waals surface area contributed by atoms with Crippen LogP contribution in [0.5, 0.6) is 0 Å². The summed E-state index contributed by atoms with van der Waals surface area (Å²) in [6.45, 7) is 9.52. The monoisotopic (exact) mass is 313 g/mol. The Bertz CT molecular complexity index is 654. The summed E-state index contributed by atoms with van der Waals surface area (Å²) in [6.07, 6.45) is 2.07. The summed E-state index contributed by atoms with van der Waals surface area (Å²) in [5, 5.41) is 12.9. The third-order valence-electron chi connectivity index (χ3n) is 4.50. The van der Waals surface area contributed by atoms with Gasteiger partial charge in [-0.25, -0.2) is 0 Å². The maximum Gasteiger partial charge on any atom is 0.220 e. The van der Waals surface area contributed by atoms with Gasteiger partial charge < -0.3 is 15.2 Å². The summed E-state index contributed by atoms with van der Waals surface area (Å²) < 4.78 is 0. The lowest BCUT2D eigenvalue weighted by atomic mass is 9.39. The summed E-state index contributed by atoms with van der Waals surface area (Å²) in [6, 6.07) is 4.07. The van der Waals surface area contributed by atoms with Crippen molar-refractivity contribution in [2.24, 2.45) is 0 Å². The molecule has 0 bridgehead atoms. The first kappa shape index (κ1) is 17.3. The standard InChI is InChI=1S/C18H24BNO3/c1-11-7-14-9-17(20-18(23)6-5-12(2)21)19(4)10-16(14)15(8-11)13(3)22/h7-8,17,22H,3,5-6,9-10H2,1-2,4H3,(H,20,23). The lowest BCUT2D eigenvalue weighted by molar-refractivity contribution is -0.124. The van der Waals surface area contributed by atoms with Crippen LogP contribution in [0.2, 0.25) is 6.82 Å². The Kier molecular flexibility index (Phi) is 5.29. The fourth-order valence-electron chi connectivity index (χ4n) is 3.24. The van der Waals surface area contributed by atoms with Gasteiger partial charge in [0, 0.05) is 24.3 Å². The van der Waals surface area contributed by atoms with Crippen LogP contribution in [-0.2, 0) is 22.3 Å². The Morgan fingerprint density at radius 3 is 2.70 bits per heavy atom. The number of hydrogen-bond donors (Lipinski definition) is 2. The molecule has 0 saturated heterocycles.